The van der Waals surface area contributed by atoms with E-state index in [9.17, 15) is 9.59 Å². The fraction of sp³-hybridized carbons (Fsp3) is 0.214. The summed E-state index contributed by atoms with van der Waals surface area (Å²) in [5, 5.41) is 0.400. The molecule has 0 spiro atoms. The molecule has 1 aliphatic heterocycles. The van der Waals surface area contributed by atoms with Crippen LogP contribution in [-0.4, -0.2) is 31.3 Å². The largest absolute Gasteiger partial charge is 0.496 e. The summed E-state index contributed by atoms with van der Waals surface area (Å²) in [4.78, 5) is 27.2. The third-order valence-electron chi connectivity index (χ3n) is 5.93. The molecule has 0 aliphatic carbocycles. The van der Waals surface area contributed by atoms with Crippen molar-refractivity contribution in [1.82, 2.24) is 4.90 Å². The van der Waals surface area contributed by atoms with Crippen LogP contribution in [-0.2, 0) is 17.8 Å². The summed E-state index contributed by atoms with van der Waals surface area (Å²) in [7, 11) is 1.65. The zero-order valence-electron chi connectivity index (χ0n) is 20.0. The molecule has 0 atom stereocenters. The normalized spacial score (nSPS) is 13.1. The van der Waals surface area contributed by atoms with E-state index in [4.69, 9.17) is 23.4 Å². The fourth-order valence-electron chi connectivity index (χ4n) is 4.18. The van der Waals surface area contributed by atoms with E-state index in [-0.39, 0.29) is 11.2 Å². The molecule has 0 unspecified atom stereocenters. The van der Waals surface area contributed by atoms with Gasteiger partial charge in [-0.25, -0.2) is 4.79 Å². The minimum atomic E-state index is -0.416. The Morgan fingerprint density at radius 2 is 1.83 bits per heavy atom. The molecule has 2 heterocycles. The van der Waals surface area contributed by atoms with Crippen molar-refractivity contribution in [3.8, 4) is 23.0 Å². The first-order valence-electron chi connectivity index (χ1n) is 11.6. The number of fused-ring (bicyclic) bond motifs is 3. The Kier molecular flexibility index (Phi) is 6.60. The maximum atomic E-state index is 13.2. The molecule has 0 radical (unpaired) electrons. The van der Waals surface area contributed by atoms with Crippen LogP contribution >= 0.6 is 0 Å². The number of carbonyl (C=O) groups excluding carboxylic acids is 1. The summed E-state index contributed by atoms with van der Waals surface area (Å²) in [6, 6.07) is 17.7. The van der Waals surface area contributed by atoms with Crippen molar-refractivity contribution in [2.24, 2.45) is 0 Å². The summed E-state index contributed by atoms with van der Waals surface area (Å²) in [6.07, 6.45) is 1.31. The van der Waals surface area contributed by atoms with Crippen LogP contribution in [0, 0.1) is 0 Å². The van der Waals surface area contributed by atoms with Gasteiger partial charge in [0.05, 0.1) is 30.2 Å². The molecule has 0 saturated heterocycles. The van der Waals surface area contributed by atoms with Crippen molar-refractivity contribution in [3.05, 3.63) is 93.8 Å². The number of carbonyl (C=O) groups is 1. The molecule has 0 amide bonds. The smallest absolute Gasteiger partial charge is 0.338 e. The van der Waals surface area contributed by atoms with E-state index in [0.29, 0.717) is 54.5 Å². The lowest BCUT2D eigenvalue weighted by Crippen LogP contribution is -2.32. The predicted molar refractivity (Wildman–Crippen MR) is 133 cm³/mol. The molecule has 0 N–H and O–H groups in total. The number of benzene rings is 3. The van der Waals surface area contributed by atoms with Gasteiger partial charge in [-0.15, -0.1) is 0 Å². The van der Waals surface area contributed by atoms with E-state index in [1.165, 1.54) is 6.26 Å². The number of nitrogens with zero attached hydrogens (tertiary/aromatic N) is 1. The number of esters is 1. The highest BCUT2D eigenvalue weighted by Gasteiger charge is 2.24. The van der Waals surface area contributed by atoms with Crippen LogP contribution in [0.15, 0.2) is 76.1 Å². The van der Waals surface area contributed by atoms with Gasteiger partial charge in [-0.1, -0.05) is 18.2 Å². The monoisotopic (exact) mass is 487 g/mol. The third kappa shape index (κ3) is 4.63. The zero-order chi connectivity index (χ0) is 25.1. The third-order valence-corrected chi connectivity index (χ3v) is 5.93. The summed E-state index contributed by atoms with van der Waals surface area (Å²) in [5.74, 6) is 1.53. The molecule has 184 valence electrons. The molecule has 1 aromatic heterocycles. The Balaban J connectivity index is 1.39. The molecule has 36 heavy (non-hydrogen) atoms. The Morgan fingerprint density at radius 3 is 2.61 bits per heavy atom. The van der Waals surface area contributed by atoms with Crippen molar-refractivity contribution < 1.29 is 28.2 Å². The SMILES string of the molecule is CCOC(=O)c1ccc(Oc2coc3c4c(ccc3c2=O)OCN(Cc2ccccc2OC)C4)cc1. The van der Waals surface area contributed by atoms with Crippen LogP contribution in [0.1, 0.15) is 28.4 Å². The summed E-state index contributed by atoms with van der Waals surface area (Å²) in [6.45, 7) is 3.61. The number of hydrogen-bond acceptors (Lipinski definition) is 8. The van der Waals surface area contributed by atoms with E-state index in [0.717, 1.165) is 16.9 Å². The van der Waals surface area contributed by atoms with Crippen molar-refractivity contribution in [3.63, 3.8) is 0 Å². The first-order chi connectivity index (χ1) is 17.6. The molecule has 8 heteroatoms. The highest BCUT2D eigenvalue weighted by Crippen LogP contribution is 2.34. The van der Waals surface area contributed by atoms with Gasteiger partial charge in [0.25, 0.3) is 0 Å². The van der Waals surface area contributed by atoms with Gasteiger partial charge in [0.1, 0.15) is 35.8 Å². The molecule has 5 rings (SSSR count). The Morgan fingerprint density at radius 1 is 1.03 bits per heavy atom. The molecule has 3 aromatic carbocycles. The fourth-order valence-corrected chi connectivity index (χ4v) is 4.18. The molecule has 4 aromatic rings. The quantitative estimate of drug-likeness (QED) is 0.332. The van der Waals surface area contributed by atoms with Crippen LogP contribution < -0.4 is 19.6 Å². The summed E-state index contributed by atoms with van der Waals surface area (Å²) >= 11 is 0. The average Bonchev–Trinajstić information content (AvgIpc) is 2.91. The number of para-hydroxylation sites is 1. The number of ether oxygens (including phenoxy) is 4. The maximum Gasteiger partial charge on any atom is 0.338 e. The van der Waals surface area contributed by atoms with Crippen LogP contribution in [0.3, 0.4) is 0 Å². The Hall–Kier alpha value is -4.30. The maximum absolute atomic E-state index is 13.2. The Bertz CT molecular complexity index is 1460. The zero-order valence-corrected chi connectivity index (χ0v) is 20.0. The molecular weight excluding hydrogens is 462 g/mol. The minimum absolute atomic E-state index is 0.0499. The van der Waals surface area contributed by atoms with Crippen LogP contribution in [0.4, 0.5) is 0 Å². The lowest BCUT2D eigenvalue weighted by Gasteiger charge is -2.29. The first kappa shape index (κ1) is 23.4. The van der Waals surface area contributed by atoms with Gasteiger partial charge in [-0.2, -0.15) is 0 Å². The molecule has 0 fully saturated rings. The van der Waals surface area contributed by atoms with E-state index in [1.807, 2.05) is 24.3 Å². The van der Waals surface area contributed by atoms with Crippen molar-refractivity contribution in [2.75, 3.05) is 20.4 Å². The van der Waals surface area contributed by atoms with Crippen LogP contribution in [0.5, 0.6) is 23.0 Å². The highest BCUT2D eigenvalue weighted by atomic mass is 16.5. The lowest BCUT2D eigenvalue weighted by molar-refractivity contribution is 0.0526. The van der Waals surface area contributed by atoms with Gasteiger partial charge in [-0.05, 0) is 49.4 Å². The van der Waals surface area contributed by atoms with Crippen molar-refractivity contribution in [2.45, 2.75) is 20.0 Å². The minimum Gasteiger partial charge on any atom is -0.496 e. The second-order valence-corrected chi connectivity index (χ2v) is 8.27. The van der Waals surface area contributed by atoms with Crippen LogP contribution in [0.25, 0.3) is 11.0 Å². The van der Waals surface area contributed by atoms with E-state index in [1.54, 1.807) is 50.4 Å². The first-order valence-corrected chi connectivity index (χ1v) is 11.6. The van der Waals surface area contributed by atoms with Gasteiger partial charge in [-0.3, -0.25) is 9.69 Å². The molecule has 0 bridgehead atoms. The number of methoxy groups -OCH3 is 1. The van der Waals surface area contributed by atoms with Gasteiger partial charge >= 0.3 is 5.97 Å². The summed E-state index contributed by atoms with van der Waals surface area (Å²) < 4.78 is 28.1. The second kappa shape index (κ2) is 10.1. The molecule has 1 aliphatic rings. The molecule has 8 nitrogen and oxygen atoms in total. The van der Waals surface area contributed by atoms with Crippen molar-refractivity contribution in [1.29, 1.82) is 0 Å². The predicted octanol–water partition coefficient (Wildman–Crippen LogP) is 5.12. The van der Waals surface area contributed by atoms with Gasteiger partial charge in [0.15, 0.2) is 0 Å². The van der Waals surface area contributed by atoms with Gasteiger partial charge in [0.2, 0.25) is 11.2 Å². The topological polar surface area (TPSA) is 87.4 Å². The summed E-state index contributed by atoms with van der Waals surface area (Å²) in [5.41, 5.74) is 2.41. The second-order valence-electron chi connectivity index (χ2n) is 8.27. The van der Waals surface area contributed by atoms with E-state index < -0.39 is 5.97 Å². The Labute approximate surface area is 207 Å². The molecule has 0 saturated carbocycles. The van der Waals surface area contributed by atoms with Crippen molar-refractivity contribution >= 4 is 16.9 Å². The number of rotatable bonds is 7. The average molecular weight is 488 g/mol. The van der Waals surface area contributed by atoms with Crippen LogP contribution in [0.2, 0.25) is 0 Å². The van der Waals surface area contributed by atoms with Gasteiger partial charge in [0, 0.05) is 18.7 Å². The lowest BCUT2D eigenvalue weighted by atomic mass is 10.1. The number of hydrogen-bond donors (Lipinski definition) is 0. The van der Waals surface area contributed by atoms with E-state index >= 15 is 0 Å². The van der Waals surface area contributed by atoms with Gasteiger partial charge < -0.3 is 23.4 Å². The highest BCUT2D eigenvalue weighted by molar-refractivity contribution is 5.89. The standard InChI is InChI=1S/C28H25NO7/c1-3-33-28(31)18-8-10-20(11-9-18)36-25-16-34-27-21(26(25)30)12-13-24-22(27)15-29(17-35-24)14-19-6-4-5-7-23(19)32-2/h4-13,16H,3,14-15,17H2,1-2H3. The van der Waals surface area contributed by atoms with E-state index in [2.05, 4.69) is 4.90 Å². The molecular formula is C28H25NO7.